The van der Waals surface area contributed by atoms with Crippen LogP contribution in [0.2, 0.25) is 0 Å². The number of rotatable bonds is 4. The number of nitrogen functional groups attached to an aromatic ring is 1. The zero-order valence-electron chi connectivity index (χ0n) is 10.9. The van der Waals surface area contributed by atoms with Crippen molar-refractivity contribution >= 4 is 17.3 Å². The number of nitrogens with zero attached hydrogens (tertiary/aromatic N) is 5. The monoisotopic (exact) mass is 267 g/mol. The molecule has 0 bridgehead atoms. The van der Waals surface area contributed by atoms with E-state index in [4.69, 9.17) is 5.84 Å². The first-order valence-corrected chi connectivity index (χ1v) is 5.92. The maximum atomic E-state index is 11.2. The maximum absolute atomic E-state index is 11.2. The lowest BCUT2D eigenvalue weighted by Gasteiger charge is -2.21. The molecule has 0 spiro atoms. The zero-order valence-corrected chi connectivity index (χ0v) is 10.9. The van der Waals surface area contributed by atoms with Gasteiger partial charge in [0.15, 0.2) is 0 Å². The van der Waals surface area contributed by atoms with Crippen molar-refractivity contribution in [2.75, 3.05) is 37.5 Å². The van der Waals surface area contributed by atoms with Gasteiger partial charge in [-0.2, -0.15) is 0 Å². The van der Waals surface area contributed by atoms with Gasteiger partial charge in [0.1, 0.15) is 6.33 Å². The summed E-state index contributed by atoms with van der Waals surface area (Å²) in [6.45, 7) is 1.43. The average molecular weight is 267 g/mol. The van der Waals surface area contributed by atoms with E-state index in [2.05, 4.69) is 20.3 Å². The molecule has 104 valence electrons. The predicted molar refractivity (Wildman–Crippen MR) is 70.8 cm³/mol. The molecule has 1 saturated heterocycles. The van der Waals surface area contributed by atoms with Gasteiger partial charge < -0.3 is 15.2 Å². The Morgan fingerprint density at radius 2 is 2.32 bits per heavy atom. The molecule has 1 aliphatic rings. The fourth-order valence-electron chi connectivity index (χ4n) is 2.23. The molecule has 3 N–H and O–H groups in total. The molecular formula is C10H17N7O2. The molecule has 1 unspecified atom stereocenters. The second-order valence-corrected chi connectivity index (χ2v) is 4.65. The third-order valence-corrected chi connectivity index (χ3v) is 3.32. The number of anilines is 2. The van der Waals surface area contributed by atoms with Gasteiger partial charge in [-0.3, -0.25) is 10.1 Å². The van der Waals surface area contributed by atoms with E-state index in [1.54, 1.807) is 0 Å². The Morgan fingerprint density at radius 1 is 1.58 bits per heavy atom. The van der Waals surface area contributed by atoms with Gasteiger partial charge in [0, 0.05) is 19.1 Å². The quantitative estimate of drug-likeness (QED) is 0.438. The molecule has 1 aromatic heterocycles. The van der Waals surface area contributed by atoms with Crippen molar-refractivity contribution in [1.29, 1.82) is 0 Å². The van der Waals surface area contributed by atoms with E-state index in [1.165, 1.54) is 6.33 Å². The normalized spacial score (nSPS) is 18.9. The van der Waals surface area contributed by atoms with E-state index in [0.717, 1.165) is 13.0 Å². The topological polar surface area (TPSA) is 113 Å². The van der Waals surface area contributed by atoms with Gasteiger partial charge in [-0.15, -0.1) is 0 Å². The second kappa shape index (κ2) is 5.33. The minimum atomic E-state index is -0.506. The Kier molecular flexibility index (Phi) is 3.76. The molecule has 1 aliphatic heterocycles. The summed E-state index contributed by atoms with van der Waals surface area (Å²) in [5, 5.41) is 11.2. The Hall–Kier alpha value is -2.00. The predicted octanol–water partition coefficient (Wildman–Crippen LogP) is -0.189. The standard InChI is InChI=1S/C10H17N7O2/c1-15(2)7-3-4-16(5-7)10-8(17(18)19)9(14-11)12-6-13-10/h6-7H,3-5,11H2,1-2H3,(H,12,13,14). The molecule has 19 heavy (non-hydrogen) atoms. The molecule has 1 atom stereocenters. The number of nitro groups is 1. The van der Waals surface area contributed by atoms with E-state index in [-0.39, 0.29) is 11.5 Å². The number of nitrogens with two attached hydrogens (primary N) is 1. The van der Waals surface area contributed by atoms with Gasteiger partial charge in [-0.05, 0) is 20.5 Å². The Balaban J connectivity index is 2.33. The molecule has 0 aromatic carbocycles. The van der Waals surface area contributed by atoms with Crippen LogP contribution >= 0.6 is 0 Å². The minimum Gasteiger partial charge on any atom is -0.349 e. The first-order chi connectivity index (χ1) is 9.04. The van der Waals surface area contributed by atoms with E-state index >= 15 is 0 Å². The highest BCUT2D eigenvalue weighted by Crippen LogP contribution is 2.33. The van der Waals surface area contributed by atoms with E-state index in [0.29, 0.717) is 18.4 Å². The van der Waals surface area contributed by atoms with Crippen LogP contribution in [-0.2, 0) is 0 Å². The average Bonchev–Trinajstić information content (AvgIpc) is 2.87. The number of hydrogen-bond acceptors (Lipinski definition) is 8. The fourth-order valence-corrected chi connectivity index (χ4v) is 2.23. The molecule has 9 nitrogen and oxygen atoms in total. The molecule has 9 heteroatoms. The third kappa shape index (κ3) is 2.56. The van der Waals surface area contributed by atoms with Crippen LogP contribution in [0, 0.1) is 10.1 Å². The van der Waals surface area contributed by atoms with Gasteiger partial charge in [0.2, 0.25) is 11.6 Å². The summed E-state index contributed by atoms with van der Waals surface area (Å²) in [5.41, 5.74) is 2.07. The van der Waals surface area contributed by atoms with Crippen LogP contribution in [0.1, 0.15) is 6.42 Å². The van der Waals surface area contributed by atoms with E-state index < -0.39 is 4.92 Å². The number of hydrazine groups is 1. The van der Waals surface area contributed by atoms with Crippen molar-refractivity contribution in [2.45, 2.75) is 12.5 Å². The highest BCUT2D eigenvalue weighted by Gasteiger charge is 2.32. The SMILES string of the molecule is CN(C)C1CCN(c2ncnc(NN)c2[N+](=O)[O-])C1. The summed E-state index contributed by atoms with van der Waals surface area (Å²) in [5.74, 6) is 5.61. The van der Waals surface area contributed by atoms with Crippen molar-refractivity contribution in [3.05, 3.63) is 16.4 Å². The van der Waals surface area contributed by atoms with Crippen LogP contribution < -0.4 is 16.2 Å². The van der Waals surface area contributed by atoms with Crippen LogP contribution in [0.3, 0.4) is 0 Å². The van der Waals surface area contributed by atoms with Crippen molar-refractivity contribution in [3.63, 3.8) is 0 Å². The number of likely N-dealkylation sites (N-methyl/N-ethyl adjacent to an activating group) is 1. The fraction of sp³-hybridized carbons (Fsp3) is 0.600. The van der Waals surface area contributed by atoms with Crippen molar-refractivity contribution in [2.24, 2.45) is 5.84 Å². The molecule has 1 fully saturated rings. The molecule has 2 heterocycles. The number of aromatic nitrogens is 2. The highest BCUT2D eigenvalue weighted by atomic mass is 16.6. The Bertz CT molecular complexity index is 479. The van der Waals surface area contributed by atoms with Crippen LogP contribution in [0.4, 0.5) is 17.3 Å². The number of nitrogens with one attached hydrogen (secondary N) is 1. The largest absolute Gasteiger partial charge is 0.354 e. The molecule has 0 amide bonds. The minimum absolute atomic E-state index is 0.0308. The molecule has 1 aromatic rings. The van der Waals surface area contributed by atoms with Crippen LogP contribution in [0.5, 0.6) is 0 Å². The lowest BCUT2D eigenvalue weighted by molar-refractivity contribution is -0.383. The van der Waals surface area contributed by atoms with Crippen LogP contribution in [0.25, 0.3) is 0 Å². The summed E-state index contributed by atoms with van der Waals surface area (Å²) in [6.07, 6.45) is 2.22. The molecular weight excluding hydrogens is 250 g/mol. The summed E-state index contributed by atoms with van der Waals surface area (Å²) in [4.78, 5) is 22.5. The lowest BCUT2D eigenvalue weighted by atomic mass is 10.2. The molecule has 2 rings (SSSR count). The van der Waals surface area contributed by atoms with Gasteiger partial charge in [0.25, 0.3) is 0 Å². The third-order valence-electron chi connectivity index (χ3n) is 3.32. The van der Waals surface area contributed by atoms with E-state index in [1.807, 2.05) is 19.0 Å². The zero-order chi connectivity index (χ0) is 14.0. The Labute approximate surface area is 110 Å². The summed E-state index contributed by atoms with van der Waals surface area (Å²) < 4.78 is 0. The molecule has 0 aliphatic carbocycles. The van der Waals surface area contributed by atoms with Crippen LogP contribution in [-0.4, -0.2) is 53.0 Å². The number of hydrogen-bond donors (Lipinski definition) is 2. The van der Waals surface area contributed by atoms with Crippen LogP contribution in [0.15, 0.2) is 6.33 Å². The highest BCUT2D eigenvalue weighted by molar-refractivity contribution is 5.70. The lowest BCUT2D eigenvalue weighted by Crippen LogP contribution is -2.32. The van der Waals surface area contributed by atoms with Crippen molar-refractivity contribution in [1.82, 2.24) is 14.9 Å². The maximum Gasteiger partial charge on any atom is 0.354 e. The van der Waals surface area contributed by atoms with Gasteiger partial charge in [-0.1, -0.05) is 0 Å². The smallest absolute Gasteiger partial charge is 0.349 e. The Morgan fingerprint density at radius 3 is 2.84 bits per heavy atom. The van der Waals surface area contributed by atoms with Gasteiger partial charge in [-0.25, -0.2) is 15.8 Å². The summed E-state index contributed by atoms with van der Waals surface area (Å²) in [6, 6.07) is 0.365. The van der Waals surface area contributed by atoms with Gasteiger partial charge >= 0.3 is 5.69 Å². The first kappa shape index (κ1) is 13.4. The molecule has 0 radical (unpaired) electrons. The van der Waals surface area contributed by atoms with Crippen molar-refractivity contribution in [3.8, 4) is 0 Å². The first-order valence-electron chi connectivity index (χ1n) is 5.92. The van der Waals surface area contributed by atoms with Crippen molar-refractivity contribution < 1.29 is 4.92 Å². The molecule has 0 saturated carbocycles. The van der Waals surface area contributed by atoms with E-state index in [9.17, 15) is 10.1 Å². The van der Waals surface area contributed by atoms with Gasteiger partial charge in [0.05, 0.1) is 4.92 Å². The summed E-state index contributed by atoms with van der Waals surface area (Å²) in [7, 11) is 3.99. The second-order valence-electron chi connectivity index (χ2n) is 4.65. The summed E-state index contributed by atoms with van der Waals surface area (Å²) >= 11 is 0.